The van der Waals surface area contributed by atoms with E-state index in [4.69, 9.17) is 18.5 Å². The predicted molar refractivity (Wildman–Crippen MR) is 128 cm³/mol. The molecule has 0 aromatic heterocycles. The van der Waals surface area contributed by atoms with Gasteiger partial charge in [-0.3, -0.25) is 14.1 Å². The van der Waals surface area contributed by atoms with E-state index in [0.717, 1.165) is 17.9 Å². The van der Waals surface area contributed by atoms with Gasteiger partial charge in [0.1, 0.15) is 35.9 Å². The molecule has 2 aliphatic heterocycles. The molecule has 0 saturated carbocycles. The first-order chi connectivity index (χ1) is 17.2. The van der Waals surface area contributed by atoms with Gasteiger partial charge in [-0.2, -0.15) is 5.09 Å². The number of halogens is 1. The number of esters is 1. The Morgan fingerprint density at radius 3 is 2.59 bits per heavy atom. The number of hydrogen-bond acceptors (Lipinski definition) is 10. The van der Waals surface area contributed by atoms with Crippen molar-refractivity contribution in [2.75, 3.05) is 6.61 Å². The van der Waals surface area contributed by atoms with Crippen LogP contribution in [0.2, 0.25) is 0 Å². The number of nitrogens with zero attached hydrogens (tertiary/aromatic N) is 1. The Bertz CT molecular complexity index is 1100. The second-order valence-electron chi connectivity index (χ2n) is 9.06. The van der Waals surface area contributed by atoms with Crippen molar-refractivity contribution in [3.8, 4) is 5.75 Å². The first-order valence-electron chi connectivity index (χ1n) is 11.4. The van der Waals surface area contributed by atoms with Gasteiger partial charge in [-0.1, -0.05) is 24.8 Å². The van der Waals surface area contributed by atoms with Gasteiger partial charge in [0, 0.05) is 12.3 Å². The number of carbonyl (C=O) groups excluding carboxylic acids is 2. The van der Waals surface area contributed by atoms with E-state index in [0.29, 0.717) is 0 Å². The molecule has 14 heteroatoms. The summed E-state index contributed by atoms with van der Waals surface area (Å²) in [6.45, 7) is 8.18. The zero-order chi connectivity index (χ0) is 27.6. The number of hydrogen-bond donors (Lipinski definition) is 4. The smallest absolute Gasteiger partial charge is 0.459 e. The van der Waals surface area contributed by atoms with Crippen LogP contribution in [0.15, 0.2) is 55.0 Å². The normalized spacial score (nSPS) is 30.1. The lowest BCUT2D eigenvalue weighted by Crippen LogP contribution is -2.54. The highest BCUT2D eigenvalue weighted by Crippen LogP contribution is 2.49. The van der Waals surface area contributed by atoms with Crippen LogP contribution in [0.5, 0.6) is 5.75 Å². The summed E-state index contributed by atoms with van der Waals surface area (Å²) in [5.74, 6) is -4.30. The Balaban J connectivity index is 1.82. The highest BCUT2D eigenvalue weighted by atomic mass is 31.2. The van der Waals surface area contributed by atoms with Crippen LogP contribution in [0.1, 0.15) is 27.7 Å². The second-order valence-corrected chi connectivity index (χ2v) is 10.7. The van der Waals surface area contributed by atoms with Crippen LogP contribution in [0.25, 0.3) is 0 Å². The number of benzene rings is 1. The summed E-state index contributed by atoms with van der Waals surface area (Å²) in [5, 5.41) is 26.3. The van der Waals surface area contributed by atoms with Crippen molar-refractivity contribution in [3.05, 3.63) is 55.0 Å². The molecule has 204 valence electrons. The summed E-state index contributed by atoms with van der Waals surface area (Å²) in [6.07, 6.45) is -1.91. The molecule has 2 aliphatic rings. The number of aliphatic hydroxyl groups excluding tert-OH is 1. The third-order valence-corrected chi connectivity index (χ3v) is 7.07. The van der Waals surface area contributed by atoms with Gasteiger partial charge in [0.15, 0.2) is 6.23 Å². The lowest BCUT2D eigenvalue weighted by molar-refractivity contribution is -0.206. The molecule has 0 unspecified atom stereocenters. The van der Waals surface area contributed by atoms with E-state index in [2.05, 4.69) is 17.0 Å². The van der Waals surface area contributed by atoms with E-state index in [1.165, 1.54) is 25.3 Å². The van der Waals surface area contributed by atoms with Crippen LogP contribution < -0.4 is 14.9 Å². The topological polar surface area (TPSA) is 156 Å². The maximum Gasteiger partial charge on any atom is 0.459 e. The molecule has 6 atom stereocenters. The minimum absolute atomic E-state index is 0.0348. The van der Waals surface area contributed by atoms with E-state index in [9.17, 15) is 24.4 Å². The van der Waals surface area contributed by atoms with Crippen molar-refractivity contribution in [1.29, 1.82) is 0 Å². The predicted octanol–water partition coefficient (Wildman–Crippen LogP) is 1.67. The minimum Gasteiger partial charge on any atom is -0.462 e. The van der Waals surface area contributed by atoms with Crippen LogP contribution in [0, 0.1) is 0 Å². The van der Waals surface area contributed by atoms with Gasteiger partial charge >= 0.3 is 13.7 Å². The number of nitrogens with one attached hydrogen (secondary N) is 2. The molecule has 12 nitrogen and oxygen atoms in total. The standard InChI is InChI=1S/C23H31FN3O9P/c1-14(2)34-19(29)15(3)26-37(32,36-17-9-7-6-8-10-17)33-13-23(24)20(30)22(5,31)21(35-23)27-12-11-18(28)25-16(27)4/h6-12,14-15,20-21,30-31H,4,13H2,1-3,5H3,(H,25,28)(H,26,32)/t15-,20+,21-,22-,23-,37+/m1/s1. The van der Waals surface area contributed by atoms with Crippen LogP contribution in [0.4, 0.5) is 4.39 Å². The van der Waals surface area contributed by atoms with Crippen LogP contribution in [-0.2, 0) is 28.2 Å². The van der Waals surface area contributed by atoms with Gasteiger partial charge in [0.2, 0.25) is 0 Å². The molecule has 0 aliphatic carbocycles. The van der Waals surface area contributed by atoms with E-state index >= 15 is 4.39 Å². The Hall–Kier alpha value is -2.80. The number of ether oxygens (including phenoxy) is 2. The summed E-state index contributed by atoms with van der Waals surface area (Å²) in [5.41, 5.74) is -2.24. The average Bonchev–Trinajstić information content (AvgIpc) is 2.98. The largest absolute Gasteiger partial charge is 0.462 e. The van der Waals surface area contributed by atoms with Gasteiger partial charge < -0.3 is 34.4 Å². The lowest BCUT2D eigenvalue weighted by atomic mass is 9.95. The SMILES string of the molecule is C=C1NC(=O)C=CN1[C@@H]1O[C@](F)(CO[P@@](=O)(N[C@H](C)C(=O)OC(C)C)Oc2ccccc2)[C@@H](O)[C@@]1(C)O. The van der Waals surface area contributed by atoms with Gasteiger partial charge in [-0.25, -0.2) is 8.96 Å². The van der Waals surface area contributed by atoms with Crippen molar-refractivity contribution < 1.29 is 47.3 Å². The molecule has 1 aromatic rings. The Labute approximate surface area is 213 Å². The zero-order valence-electron chi connectivity index (χ0n) is 20.8. The quantitative estimate of drug-likeness (QED) is 0.252. The summed E-state index contributed by atoms with van der Waals surface area (Å²) < 4.78 is 50.7. The van der Waals surface area contributed by atoms with Gasteiger partial charge in [-0.15, -0.1) is 0 Å². The fourth-order valence-corrected chi connectivity index (χ4v) is 5.11. The molecule has 1 fully saturated rings. The van der Waals surface area contributed by atoms with Gasteiger partial charge in [-0.05, 0) is 39.8 Å². The van der Waals surface area contributed by atoms with Gasteiger partial charge in [0.25, 0.3) is 11.8 Å². The summed E-state index contributed by atoms with van der Waals surface area (Å²) in [7, 11) is -4.50. The molecular weight excluding hydrogens is 512 g/mol. The number of para-hydroxylation sites is 1. The molecule has 1 aromatic carbocycles. The van der Waals surface area contributed by atoms with Crippen molar-refractivity contribution in [3.63, 3.8) is 0 Å². The highest BCUT2D eigenvalue weighted by Gasteiger charge is 2.64. The van der Waals surface area contributed by atoms with Crippen molar-refractivity contribution in [2.24, 2.45) is 0 Å². The van der Waals surface area contributed by atoms with E-state index in [1.54, 1.807) is 32.0 Å². The Morgan fingerprint density at radius 2 is 2.00 bits per heavy atom. The number of carbonyl (C=O) groups is 2. The van der Waals surface area contributed by atoms with Crippen LogP contribution in [0.3, 0.4) is 0 Å². The molecule has 1 amide bonds. The first-order valence-corrected chi connectivity index (χ1v) is 12.9. The van der Waals surface area contributed by atoms with E-state index < -0.39 is 62.2 Å². The lowest BCUT2D eigenvalue weighted by Gasteiger charge is -2.36. The number of alkyl halides is 1. The fourth-order valence-electron chi connectivity index (χ4n) is 3.61. The molecule has 1 saturated heterocycles. The van der Waals surface area contributed by atoms with Crippen LogP contribution in [-0.4, -0.2) is 69.5 Å². The summed E-state index contributed by atoms with van der Waals surface area (Å²) in [6, 6.07) is 6.60. The molecule has 2 heterocycles. The molecule has 0 bridgehead atoms. The second kappa shape index (κ2) is 10.9. The fraction of sp³-hybridized carbons (Fsp3) is 0.478. The third kappa shape index (κ3) is 6.56. The maximum atomic E-state index is 15.9. The number of aliphatic hydroxyl groups is 2. The number of rotatable bonds is 10. The van der Waals surface area contributed by atoms with E-state index in [1.807, 2.05) is 0 Å². The van der Waals surface area contributed by atoms with Crippen molar-refractivity contribution >= 4 is 19.6 Å². The molecule has 4 N–H and O–H groups in total. The molecule has 37 heavy (non-hydrogen) atoms. The first kappa shape index (κ1) is 28.8. The molecular formula is C23H31FN3O9P. The van der Waals surface area contributed by atoms with Gasteiger partial charge in [0.05, 0.1) is 6.10 Å². The van der Waals surface area contributed by atoms with E-state index in [-0.39, 0.29) is 11.6 Å². The Kier molecular flexibility index (Phi) is 8.47. The monoisotopic (exact) mass is 543 g/mol. The van der Waals surface area contributed by atoms with Crippen molar-refractivity contribution in [1.82, 2.24) is 15.3 Å². The molecule has 0 radical (unpaired) electrons. The highest BCUT2D eigenvalue weighted by molar-refractivity contribution is 7.52. The molecule has 0 spiro atoms. The summed E-state index contributed by atoms with van der Waals surface area (Å²) in [4.78, 5) is 24.9. The number of amides is 1. The maximum absolute atomic E-state index is 15.9. The molecule has 3 rings (SSSR count). The van der Waals surface area contributed by atoms with Crippen molar-refractivity contribution in [2.45, 2.75) is 63.6 Å². The zero-order valence-corrected chi connectivity index (χ0v) is 21.7. The average molecular weight is 543 g/mol. The summed E-state index contributed by atoms with van der Waals surface area (Å²) >= 11 is 0. The third-order valence-electron chi connectivity index (χ3n) is 5.45. The van der Waals surface area contributed by atoms with Crippen LogP contribution >= 0.6 is 7.75 Å². The minimum atomic E-state index is -4.50. The Morgan fingerprint density at radius 1 is 1.35 bits per heavy atom.